The maximum absolute atomic E-state index is 12.8. The molecule has 1 unspecified atom stereocenters. The van der Waals surface area contributed by atoms with Crippen molar-refractivity contribution in [3.63, 3.8) is 0 Å². The lowest BCUT2D eigenvalue weighted by molar-refractivity contribution is -0.119. The molecule has 1 atom stereocenters. The summed E-state index contributed by atoms with van der Waals surface area (Å²) >= 11 is 0. The van der Waals surface area contributed by atoms with Gasteiger partial charge in [0.1, 0.15) is 17.1 Å². The van der Waals surface area contributed by atoms with Crippen molar-refractivity contribution in [2.24, 2.45) is 0 Å². The predicted octanol–water partition coefficient (Wildman–Crippen LogP) is 1.67. The van der Waals surface area contributed by atoms with Crippen LogP contribution in [0.2, 0.25) is 0 Å². The Morgan fingerprint density at radius 1 is 1.16 bits per heavy atom. The molecule has 0 spiro atoms. The van der Waals surface area contributed by atoms with Crippen molar-refractivity contribution in [1.82, 2.24) is 20.7 Å². The summed E-state index contributed by atoms with van der Waals surface area (Å²) in [5.41, 5.74) is 3.58. The van der Waals surface area contributed by atoms with Crippen molar-refractivity contribution in [3.8, 4) is 0 Å². The van der Waals surface area contributed by atoms with Crippen LogP contribution in [0.4, 0.5) is 5.69 Å². The topological polar surface area (TPSA) is 91.0 Å². The number of anilines is 1. The SMILES string of the molecule is CC(NC(=O)c1cccc2n[nH]nc12)C(=O)N1CCc2ccccc21. The van der Waals surface area contributed by atoms with Crippen molar-refractivity contribution in [3.05, 3.63) is 53.6 Å². The average molecular weight is 335 g/mol. The fraction of sp³-hybridized carbons (Fsp3) is 0.222. The zero-order valence-electron chi connectivity index (χ0n) is 13.7. The first kappa shape index (κ1) is 15.3. The van der Waals surface area contributed by atoms with Gasteiger partial charge in [0.2, 0.25) is 5.91 Å². The molecule has 1 aliphatic heterocycles. The number of aromatic nitrogens is 3. The van der Waals surface area contributed by atoms with Gasteiger partial charge in [0.15, 0.2) is 0 Å². The zero-order chi connectivity index (χ0) is 17.4. The minimum absolute atomic E-state index is 0.120. The van der Waals surface area contributed by atoms with Crippen molar-refractivity contribution >= 4 is 28.5 Å². The molecule has 2 heterocycles. The van der Waals surface area contributed by atoms with Crippen LogP contribution in [0.25, 0.3) is 11.0 Å². The number of hydrogen-bond acceptors (Lipinski definition) is 4. The third-order valence-corrected chi connectivity index (χ3v) is 4.46. The lowest BCUT2D eigenvalue weighted by Crippen LogP contribution is -2.46. The van der Waals surface area contributed by atoms with E-state index in [-0.39, 0.29) is 11.8 Å². The van der Waals surface area contributed by atoms with Gasteiger partial charge in [-0.05, 0) is 37.1 Å². The number of H-pyrrole nitrogens is 1. The Bertz CT molecular complexity index is 965. The minimum Gasteiger partial charge on any atom is -0.340 e. The molecule has 7 heteroatoms. The van der Waals surface area contributed by atoms with Crippen LogP contribution in [-0.2, 0) is 11.2 Å². The largest absolute Gasteiger partial charge is 0.340 e. The molecule has 7 nitrogen and oxygen atoms in total. The lowest BCUT2D eigenvalue weighted by atomic mass is 10.1. The van der Waals surface area contributed by atoms with Crippen LogP contribution in [0.15, 0.2) is 42.5 Å². The van der Waals surface area contributed by atoms with E-state index in [0.717, 1.165) is 17.7 Å². The fourth-order valence-electron chi connectivity index (χ4n) is 3.19. The second-order valence-corrected chi connectivity index (χ2v) is 6.06. The molecule has 3 aromatic rings. The third kappa shape index (κ3) is 2.63. The van der Waals surface area contributed by atoms with E-state index in [1.54, 1.807) is 30.0 Å². The number of benzene rings is 2. The molecule has 2 N–H and O–H groups in total. The van der Waals surface area contributed by atoms with E-state index in [4.69, 9.17) is 0 Å². The molecule has 0 aliphatic carbocycles. The van der Waals surface area contributed by atoms with E-state index in [1.165, 1.54) is 0 Å². The molecule has 4 rings (SSSR count). The van der Waals surface area contributed by atoms with Crippen molar-refractivity contribution in [1.29, 1.82) is 0 Å². The van der Waals surface area contributed by atoms with Crippen molar-refractivity contribution < 1.29 is 9.59 Å². The van der Waals surface area contributed by atoms with Crippen molar-refractivity contribution in [2.75, 3.05) is 11.4 Å². The Kier molecular flexibility index (Phi) is 3.68. The van der Waals surface area contributed by atoms with Gasteiger partial charge in [-0.2, -0.15) is 15.4 Å². The summed E-state index contributed by atoms with van der Waals surface area (Å²) < 4.78 is 0. The number of rotatable bonds is 3. The number of nitrogens with one attached hydrogen (secondary N) is 2. The van der Waals surface area contributed by atoms with Gasteiger partial charge in [-0.1, -0.05) is 24.3 Å². The van der Waals surface area contributed by atoms with Gasteiger partial charge in [-0.25, -0.2) is 0 Å². The molecule has 2 amide bonds. The fourth-order valence-corrected chi connectivity index (χ4v) is 3.19. The van der Waals surface area contributed by atoms with Gasteiger partial charge in [-0.3, -0.25) is 9.59 Å². The Labute approximate surface area is 144 Å². The van der Waals surface area contributed by atoms with Crippen LogP contribution in [0.3, 0.4) is 0 Å². The molecule has 126 valence electrons. The smallest absolute Gasteiger partial charge is 0.254 e. The lowest BCUT2D eigenvalue weighted by Gasteiger charge is -2.22. The van der Waals surface area contributed by atoms with Gasteiger partial charge < -0.3 is 10.2 Å². The molecule has 0 saturated heterocycles. The van der Waals surface area contributed by atoms with E-state index in [9.17, 15) is 9.59 Å². The highest BCUT2D eigenvalue weighted by Gasteiger charge is 2.29. The quantitative estimate of drug-likeness (QED) is 0.762. The molecular formula is C18H17N5O2. The Morgan fingerprint density at radius 2 is 2.00 bits per heavy atom. The number of carbonyl (C=O) groups is 2. The first-order valence-electron chi connectivity index (χ1n) is 8.15. The van der Waals surface area contributed by atoms with E-state index in [1.807, 2.05) is 24.3 Å². The first-order chi connectivity index (χ1) is 12.1. The maximum atomic E-state index is 12.8. The standard InChI is InChI=1S/C18H17N5O2/c1-11(18(25)23-10-9-12-5-2-3-8-15(12)23)19-17(24)13-6-4-7-14-16(13)21-22-20-14/h2-8,11H,9-10H2,1H3,(H,19,24)(H,20,21,22). The summed E-state index contributed by atoms with van der Waals surface area (Å²) in [5.74, 6) is -0.460. The monoisotopic (exact) mass is 335 g/mol. The number of nitrogens with zero attached hydrogens (tertiary/aromatic N) is 3. The van der Waals surface area contributed by atoms with Gasteiger partial charge >= 0.3 is 0 Å². The van der Waals surface area contributed by atoms with Crippen LogP contribution in [0.1, 0.15) is 22.8 Å². The summed E-state index contributed by atoms with van der Waals surface area (Å²) in [7, 11) is 0. The molecule has 2 aromatic carbocycles. The molecular weight excluding hydrogens is 318 g/mol. The van der Waals surface area contributed by atoms with E-state index >= 15 is 0 Å². The molecule has 0 radical (unpaired) electrons. The summed E-state index contributed by atoms with van der Waals surface area (Å²) in [4.78, 5) is 27.1. The maximum Gasteiger partial charge on any atom is 0.254 e. The summed E-state index contributed by atoms with van der Waals surface area (Å²) in [6.45, 7) is 2.33. The minimum atomic E-state index is -0.638. The Balaban J connectivity index is 1.52. The number of hydrogen-bond donors (Lipinski definition) is 2. The molecule has 1 aromatic heterocycles. The van der Waals surface area contributed by atoms with Gasteiger partial charge in [-0.15, -0.1) is 0 Å². The number of carbonyl (C=O) groups excluding carboxylic acids is 2. The van der Waals surface area contributed by atoms with Crippen LogP contribution < -0.4 is 10.2 Å². The van der Waals surface area contributed by atoms with E-state index < -0.39 is 6.04 Å². The molecule has 0 bridgehead atoms. The second kappa shape index (κ2) is 6.01. The van der Waals surface area contributed by atoms with E-state index in [0.29, 0.717) is 23.1 Å². The highest BCUT2D eigenvalue weighted by molar-refractivity contribution is 6.07. The Hall–Kier alpha value is -3.22. The van der Waals surface area contributed by atoms with Crippen molar-refractivity contribution in [2.45, 2.75) is 19.4 Å². The average Bonchev–Trinajstić information content (AvgIpc) is 3.27. The molecule has 0 saturated carbocycles. The number of amides is 2. The molecule has 25 heavy (non-hydrogen) atoms. The van der Waals surface area contributed by atoms with E-state index in [2.05, 4.69) is 20.7 Å². The van der Waals surface area contributed by atoms with Crippen LogP contribution in [0.5, 0.6) is 0 Å². The third-order valence-electron chi connectivity index (χ3n) is 4.46. The summed E-state index contributed by atoms with van der Waals surface area (Å²) in [6.07, 6.45) is 0.834. The second-order valence-electron chi connectivity index (χ2n) is 6.06. The normalized spacial score (nSPS) is 14.4. The molecule has 0 fully saturated rings. The van der Waals surface area contributed by atoms with Crippen LogP contribution in [-0.4, -0.2) is 39.8 Å². The van der Waals surface area contributed by atoms with Crippen LogP contribution >= 0.6 is 0 Å². The summed E-state index contributed by atoms with van der Waals surface area (Å²) in [6, 6.07) is 12.4. The van der Waals surface area contributed by atoms with Gasteiger partial charge in [0.05, 0.1) is 5.56 Å². The number of aromatic amines is 1. The van der Waals surface area contributed by atoms with Crippen LogP contribution in [0, 0.1) is 0 Å². The summed E-state index contributed by atoms with van der Waals surface area (Å²) in [5, 5.41) is 13.3. The first-order valence-corrected chi connectivity index (χ1v) is 8.15. The predicted molar refractivity (Wildman–Crippen MR) is 93.3 cm³/mol. The number of para-hydroxylation sites is 2. The highest BCUT2D eigenvalue weighted by atomic mass is 16.2. The van der Waals surface area contributed by atoms with Gasteiger partial charge in [0.25, 0.3) is 5.91 Å². The molecule has 1 aliphatic rings. The van der Waals surface area contributed by atoms with Gasteiger partial charge in [0, 0.05) is 12.2 Å². The number of fused-ring (bicyclic) bond motifs is 2. The zero-order valence-corrected chi connectivity index (χ0v) is 13.7. The Morgan fingerprint density at radius 3 is 2.88 bits per heavy atom. The highest BCUT2D eigenvalue weighted by Crippen LogP contribution is 2.27.